The summed E-state index contributed by atoms with van der Waals surface area (Å²) in [5.74, 6) is 1.44. The molecule has 1 aliphatic heterocycles. The Morgan fingerprint density at radius 3 is 2.87 bits per heavy atom. The van der Waals surface area contributed by atoms with E-state index in [9.17, 15) is 4.79 Å². The molecule has 0 unspecified atom stereocenters. The van der Waals surface area contributed by atoms with E-state index in [1.165, 1.54) is 18.4 Å². The number of nitrogens with zero attached hydrogens (tertiary/aromatic N) is 2. The number of para-hydroxylation sites is 1. The van der Waals surface area contributed by atoms with Gasteiger partial charge in [0.15, 0.2) is 0 Å². The highest BCUT2D eigenvalue weighted by Gasteiger charge is 2.25. The van der Waals surface area contributed by atoms with Gasteiger partial charge in [-0.05, 0) is 54.7 Å². The maximum absolute atomic E-state index is 13.0. The number of carbonyl (C=O) groups is 1. The van der Waals surface area contributed by atoms with Crippen LogP contribution in [0.15, 0.2) is 60.9 Å². The summed E-state index contributed by atoms with van der Waals surface area (Å²) >= 11 is 1.61. The fraction of sp³-hybridized carbons (Fsp3) is 0.240. The lowest BCUT2D eigenvalue weighted by atomic mass is 10.00. The minimum atomic E-state index is -0.0732. The number of nitrogens with one attached hydrogen (secondary N) is 1. The Morgan fingerprint density at radius 2 is 1.97 bits per heavy atom. The Bertz CT molecular complexity index is 1290. The first-order chi connectivity index (χ1) is 15.2. The summed E-state index contributed by atoms with van der Waals surface area (Å²) in [5.41, 5.74) is 4.94. The number of thiazole rings is 1. The fourth-order valence-corrected chi connectivity index (χ4v) is 5.12. The van der Waals surface area contributed by atoms with Crippen molar-refractivity contribution >= 4 is 27.5 Å². The monoisotopic (exact) mass is 427 g/mol. The zero-order chi connectivity index (χ0) is 20.8. The molecule has 5 nitrogen and oxygen atoms in total. The summed E-state index contributed by atoms with van der Waals surface area (Å²) in [6.07, 6.45) is 7.10. The number of rotatable bonds is 4. The maximum Gasteiger partial charge on any atom is 0.251 e. The SMILES string of the molecule is O=C(N[C@H]1CCOc2ccccc21)c1ccc2nc(-c3cncc(C4CC4)c3)sc2c1. The molecule has 2 aliphatic rings. The first kappa shape index (κ1) is 18.5. The van der Waals surface area contributed by atoms with Gasteiger partial charge in [0.2, 0.25) is 0 Å². The molecule has 2 aromatic carbocycles. The Balaban J connectivity index is 1.26. The summed E-state index contributed by atoms with van der Waals surface area (Å²) < 4.78 is 6.71. The number of fused-ring (bicyclic) bond motifs is 2. The lowest BCUT2D eigenvalue weighted by molar-refractivity contribution is 0.0925. The van der Waals surface area contributed by atoms with Gasteiger partial charge in [-0.3, -0.25) is 9.78 Å². The van der Waals surface area contributed by atoms with Gasteiger partial charge >= 0.3 is 0 Å². The van der Waals surface area contributed by atoms with Crippen molar-refractivity contribution in [2.45, 2.75) is 31.2 Å². The lowest BCUT2D eigenvalue weighted by Gasteiger charge is -2.26. The summed E-state index contributed by atoms with van der Waals surface area (Å²) in [6, 6.07) is 15.8. The molecule has 1 amide bonds. The smallest absolute Gasteiger partial charge is 0.251 e. The number of carbonyl (C=O) groups excluding carboxylic acids is 1. The third-order valence-electron chi connectivity index (χ3n) is 5.97. The van der Waals surface area contributed by atoms with Crippen LogP contribution in [-0.4, -0.2) is 22.5 Å². The molecule has 1 fully saturated rings. The molecule has 154 valence electrons. The molecule has 0 saturated heterocycles. The van der Waals surface area contributed by atoms with Crippen LogP contribution >= 0.6 is 11.3 Å². The van der Waals surface area contributed by atoms with Gasteiger partial charge in [0.25, 0.3) is 5.91 Å². The van der Waals surface area contributed by atoms with Crippen molar-refractivity contribution in [3.63, 3.8) is 0 Å². The van der Waals surface area contributed by atoms with Gasteiger partial charge in [0.1, 0.15) is 10.8 Å². The van der Waals surface area contributed by atoms with Crippen LogP contribution in [0.25, 0.3) is 20.8 Å². The predicted octanol–water partition coefficient (Wildman–Crippen LogP) is 5.49. The van der Waals surface area contributed by atoms with Crippen LogP contribution in [0.1, 0.15) is 52.7 Å². The number of hydrogen-bond donors (Lipinski definition) is 1. The van der Waals surface area contributed by atoms with Crippen molar-refractivity contribution in [2.24, 2.45) is 0 Å². The molecule has 4 aromatic rings. The number of ether oxygens (including phenoxy) is 1. The van der Waals surface area contributed by atoms with Crippen molar-refractivity contribution in [2.75, 3.05) is 6.61 Å². The molecule has 2 aromatic heterocycles. The number of amides is 1. The van der Waals surface area contributed by atoms with Gasteiger partial charge in [-0.2, -0.15) is 0 Å². The molecule has 0 spiro atoms. The Labute approximate surface area is 184 Å². The number of aromatic nitrogens is 2. The second kappa shape index (κ2) is 7.46. The highest BCUT2D eigenvalue weighted by atomic mass is 32.1. The van der Waals surface area contributed by atoms with Crippen LogP contribution in [0.2, 0.25) is 0 Å². The number of pyridine rings is 1. The Hall–Kier alpha value is -3.25. The standard InChI is InChI=1S/C25H21N3O2S/c29-24(27-20-9-10-30-22-4-2-1-3-19(20)22)16-7-8-21-23(12-16)31-25(28-21)18-11-17(13-26-14-18)15-5-6-15/h1-4,7-8,11-15,20H,5-6,9-10H2,(H,27,29)/t20-/m0/s1. The molecule has 1 aliphatic carbocycles. The molecular weight excluding hydrogens is 406 g/mol. The van der Waals surface area contributed by atoms with Crippen molar-refractivity contribution in [3.8, 4) is 16.3 Å². The molecule has 1 saturated carbocycles. The summed E-state index contributed by atoms with van der Waals surface area (Å²) in [6.45, 7) is 0.604. The Morgan fingerprint density at radius 1 is 1.06 bits per heavy atom. The van der Waals surface area contributed by atoms with Gasteiger partial charge in [0, 0.05) is 35.5 Å². The predicted molar refractivity (Wildman–Crippen MR) is 122 cm³/mol. The second-order valence-corrected chi connectivity index (χ2v) is 9.21. The molecule has 6 rings (SSSR count). The molecule has 3 heterocycles. The van der Waals surface area contributed by atoms with Gasteiger partial charge in [-0.1, -0.05) is 18.2 Å². The molecule has 0 radical (unpaired) electrons. The van der Waals surface area contributed by atoms with Crippen LogP contribution in [0.5, 0.6) is 5.75 Å². The zero-order valence-electron chi connectivity index (χ0n) is 16.9. The van der Waals surface area contributed by atoms with Crippen molar-refractivity contribution in [3.05, 3.63) is 77.6 Å². The lowest BCUT2D eigenvalue weighted by Crippen LogP contribution is -2.32. The van der Waals surface area contributed by atoms with E-state index < -0.39 is 0 Å². The average molecular weight is 428 g/mol. The van der Waals surface area contributed by atoms with Crippen LogP contribution in [0, 0.1) is 0 Å². The van der Waals surface area contributed by atoms with Gasteiger partial charge in [-0.15, -0.1) is 11.3 Å². The minimum Gasteiger partial charge on any atom is -0.493 e. The zero-order valence-corrected chi connectivity index (χ0v) is 17.7. The molecule has 1 atom stereocenters. The quantitative estimate of drug-likeness (QED) is 0.468. The largest absolute Gasteiger partial charge is 0.493 e. The molecular formula is C25H21N3O2S. The van der Waals surface area contributed by atoms with E-state index in [1.807, 2.05) is 54.9 Å². The van der Waals surface area contributed by atoms with E-state index in [2.05, 4.69) is 16.4 Å². The first-order valence-electron chi connectivity index (χ1n) is 10.6. The van der Waals surface area contributed by atoms with Crippen LogP contribution in [-0.2, 0) is 0 Å². The van der Waals surface area contributed by atoms with Crippen LogP contribution in [0.4, 0.5) is 0 Å². The Kier molecular flexibility index (Phi) is 4.46. The van der Waals surface area contributed by atoms with E-state index in [0.717, 1.165) is 38.5 Å². The van der Waals surface area contributed by atoms with E-state index in [1.54, 1.807) is 11.3 Å². The van der Waals surface area contributed by atoms with Gasteiger partial charge < -0.3 is 10.1 Å². The number of benzene rings is 2. The second-order valence-electron chi connectivity index (χ2n) is 8.18. The third kappa shape index (κ3) is 3.57. The number of hydrogen-bond acceptors (Lipinski definition) is 5. The summed E-state index contributed by atoms with van der Waals surface area (Å²) in [5, 5.41) is 4.12. The van der Waals surface area contributed by atoms with Gasteiger partial charge in [-0.25, -0.2) is 4.98 Å². The average Bonchev–Trinajstić information content (AvgIpc) is 3.58. The molecule has 31 heavy (non-hydrogen) atoms. The van der Waals surface area contributed by atoms with Crippen molar-refractivity contribution in [1.29, 1.82) is 0 Å². The molecule has 1 N–H and O–H groups in total. The highest BCUT2D eigenvalue weighted by molar-refractivity contribution is 7.21. The topological polar surface area (TPSA) is 64.1 Å². The fourth-order valence-electron chi connectivity index (χ4n) is 4.14. The van der Waals surface area contributed by atoms with Crippen molar-refractivity contribution in [1.82, 2.24) is 15.3 Å². The normalized spacial score (nSPS) is 17.7. The minimum absolute atomic E-state index is 0.0404. The maximum atomic E-state index is 13.0. The van der Waals surface area contributed by atoms with E-state index in [-0.39, 0.29) is 11.9 Å². The van der Waals surface area contributed by atoms with Gasteiger partial charge in [0.05, 0.1) is 22.9 Å². The third-order valence-corrected chi connectivity index (χ3v) is 7.04. The van der Waals surface area contributed by atoms with Crippen LogP contribution in [0.3, 0.4) is 0 Å². The van der Waals surface area contributed by atoms with Crippen LogP contribution < -0.4 is 10.1 Å². The highest BCUT2D eigenvalue weighted by Crippen LogP contribution is 2.41. The van der Waals surface area contributed by atoms with E-state index >= 15 is 0 Å². The van der Waals surface area contributed by atoms with E-state index in [4.69, 9.17) is 9.72 Å². The molecule has 6 heteroatoms. The summed E-state index contributed by atoms with van der Waals surface area (Å²) in [4.78, 5) is 22.2. The van der Waals surface area contributed by atoms with Crippen molar-refractivity contribution < 1.29 is 9.53 Å². The van der Waals surface area contributed by atoms with E-state index in [0.29, 0.717) is 18.1 Å². The summed E-state index contributed by atoms with van der Waals surface area (Å²) in [7, 11) is 0. The first-order valence-corrected chi connectivity index (χ1v) is 11.4. The molecule has 0 bridgehead atoms.